The molecule has 0 radical (unpaired) electrons. The van der Waals surface area contributed by atoms with E-state index in [0.29, 0.717) is 0 Å². The standard InChI is InChI=1S/C25H22NO/c1-15-13-16(2)17(3)20(14-15)24-23-19-10-6-8-12-22(19)27-25(23)18-9-5-7-11-21(18)26(24)4/h5-14H,1-4H3/q+1. The minimum Gasteiger partial charge on any atom is -0.455 e. The van der Waals surface area contributed by atoms with Crippen molar-refractivity contribution in [3.8, 4) is 11.3 Å². The molecule has 0 amide bonds. The quantitative estimate of drug-likeness (QED) is 0.330. The van der Waals surface area contributed by atoms with Gasteiger partial charge in [-0.25, -0.2) is 0 Å². The third kappa shape index (κ3) is 2.23. The summed E-state index contributed by atoms with van der Waals surface area (Å²) in [4.78, 5) is 0. The number of rotatable bonds is 1. The van der Waals surface area contributed by atoms with Gasteiger partial charge in [0.2, 0.25) is 11.2 Å². The first-order valence-electron chi connectivity index (χ1n) is 9.36. The van der Waals surface area contributed by atoms with Gasteiger partial charge in [-0.1, -0.05) is 42.0 Å². The molecule has 27 heavy (non-hydrogen) atoms. The zero-order valence-electron chi connectivity index (χ0n) is 16.1. The van der Waals surface area contributed by atoms with Gasteiger partial charge in [-0.05, 0) is 50.1 Å². The highest BCUT2D eigenvalue weighted by atomic mass is 16.3. The van der Waals surface area contributed by atoms with E-state index < -0.39 is 0 Å². The normalized spacial score (nSPS) is 11.7. The second-order valence-electron chi connectivity index (χ2n) is 7.48. The third-order valence-corrected chi connectivity index (χ3v) is 5.74. The maximum absolute atomic E-state index is 6.37. The summed E-state index contributed by atoms with van der Waals surface area (Å²) in [5.41, 5.74) is 9.50. The van der Waals surface area contributed by atoms with Gasteiger partial charge in [0.15, 0.2) is 5.58 Å². The number of pyridine rings is 1. The Hall–Kier alpha value is -3.13. The number of nitrogens with zero attached hydrogens (tertiary/aromatic N) is 1. The van der Waals surface area contributed by atoms with Gasteiger partial charge in [-0.15, -0.1) is 0 Å². The van der Waals surface area contributed by atoms with Crippen LogP contribution in [-0.2, 0) is 7.05 Å². The van der Waals surface area contributed by atoms with Crippen molar-refractivity contribution in [1.82, 2.24) is 0 Å². The molecule has 2 nitrogen and oxygen atoms in total. The van der Waals surface area contributed by atoms with Gasteiger partial charge in [0, 0.05) is 11.5 Å². The number of para-hydroxylation sites is 2. The lowest BCUT2D eigenvalue weighted by Crippen LogP contribution is -2.32. The lowest BCUT2D eigenvalue weighted by atomic mass is 9.94. The van der Waals surface area contributed by atoms with Gasteiger partial charge < -0.3 is 4.42 Å². The predicted molar refractivity (Wildman–Crippen MR) is 112 cm³/mol. The summed E-state index contributed by atoms with van der Waals surface area (Å²) in [6, 6.07) is 21.4. The van der Waals surface area contributed by atoms with Crippen LogP contribution in [0.15, 0.2) is 65.1 Å². The Morgan fingerprint density at radius 1 is 0.815 bits per heavy atom. The van der Waals surface area contributed by atoms with Crippen LogP contribution in [0, 0.1) is 20.8 Å². The van der Waals surface area contributed by atoms with Crippen LogP contribution in [0.25, 0.3) is 44.1 Å². The van der Waals surface area contributed by atoms with Crippen LogP contribution in [0.5, 0.6) is 0 Å². The third-order valence-electron chi connectivity index (χ3n) is 5.74. The molecule has 0 bridgehead atoms. The molecule has 0 saturated heterocycles. The second kappa shape index (κ2) is 5.68. The fourth-order valence-electron chi connectivity index (χ4n) is 4.32. The SMILES string of the molecule is Cc1cc(C)c(C)c(-c2c3c4ccccc4oc3c3ccccc3[n+]2C)c1. The summed E-state index contributed by atoms with van der Waals surface area (Å²) in [6.45, 7) is 6.58. The van der Waals surface area contributed by atoms with Crippen LogP contribution in [0.1, 0.15) is 16.7 Å². The van der Waals surface area contributed by atoms with Gasteiger partial charge in [0.1, 0.15) is 18.0 Å². The van der Waals surface area contributed by atoms with E-state index in [-0.39, 0.29) is 0 Å². The molecule has 5 aromatic rings. The van der Waals surface area contributed by atoms with Crippen molar-refractivity contribution in [2.24, 2.45) is 7.05 Å². The van der Waals surface area contributed by atoms with Gasteiger partial charge in [0.05, 0.1) is 10.9 Å². The molecule has 0 aliphatic rings. The van der Waals surface area contributed by atoms with E-state index in [2.05, 4.69) is 87.0 Å². The summed E-state index contributed by atoms with van der Waals surface area (Å²) in [7, 11) is 2.16. The topological polar surface area (TPSA) is 17.0 Å². The second-order valence-corrected chi connectivity index (χ2v) is 7.48. The van der Waals surface area contributed by atoms with Crippen molar-refractivity contribution in [3.63, 3.8) is 0 Å². The lowest BCUT2D eigenvalue weighted by Gasteiger charge is -2.11. The highest BCUT2D eigenvalue weighted by molar-refractivity contribution is 6.17. The highest BCUT2D eigenvalue weighted by Crippen LogP contribution is 2.39. The number of aryl methyl sites for hydroxylation is 3. The predicted octanol–water partition coefficient (Wildman–Crippen LogP) is 6.16. The van der Waals surface area contributed by atoms with Gasteiger partial charge in [-0.2, -0.15) is 4.57 Å². The molecule has 2 aromatic heterocycles. The van der Waals surface area contributed by atoms with Gasteiger partial charge >= 0.3 is 0 Å². The van der Waals surface area contributed by atoms with Crippen molar-refractivity contribution in [2.45, 2.75) is 20.8 Å². The first-order chi connectivity index (χ1) is 13.1. The van der Waals surface area contributed by atoms with Crippen molar-refractivity contribution < 1.29 is 8.98 Å². The van der Waals surface area contributed by atoms with Crippen LogP contribution in [0.3, 0.4) is 0 Å². The minimum atomic E-state index is 0.937. The van der Waals surface area contributed by atoms with E-state index in [1.807, 2.05) is 6.07 Å². The molecule has 0 spiro atoms. The molecular weight excluding hydrogens is 330 g/mol. The largest absolute Gasteiger partial charge is 0.455 e. The fraction of sp³-hybridized carbons (Fsp3) is 0.160. The number of benzene rings is 3. The molecule has 0 aliphatic carbocycles. The zero-order valence-corrected chi connectivity index (χ0v) is 16.1. The molecular formula is C25H22NO+. The highest BCUT2D eigenvalue weighted by Gasteiger charge is 2.26. The van der Waals surface area contributed by atoms with Crippen molar-refractivity contribution in [1.29, 1.82) is 0 Å². The minimum absolute atomic E-state index is 0.937. The number of hydrogen-bond donors (Lipinski definition) is 0. The van der Waals surface area contributed by atoms with Crippen molar-refractivity contribution in [3.05, 3.63) is 77.4 Å². The Bertz CT molecular complexity index is 1360. The van der Waals surface area contributed by atoms with Crippen LogP contribution in [-0.4, -0.2) is 0 Å². The number of aromatic nitrogens is 1. The van der Waals surface area contributed by atoms with E-state index in [4.69, 9.17) is 4.42 Å². The van der Waals surface area contributed by atoms with Gasteiger partial charge in [-0.3, -0.25) is 0 Å². The fourth-order valence-corrected chi connectivity index (χ4v) is 4.32. The first-order valence-corrected chi connectivity index (χ1v) is 9.36. The van der Waals surface area contributed by atoms with Crippen LogP contribution in [0.2, 0.25) is 0 Å². The molecule has 0 unspecified atom stereocenters. The van der Waals surface area contributed by atoms with E-state index >= 15 is 0 Å². The lowest BCUT2D eigenvalue weighted by molar-refractivity contribution is -0.632. The van der Waals surface area contributed by atoms with E-state index in [1.165, 1.54) is 44.2 Å². The van der Waals surface area contributed by atoms with Crippen LogP contribution < -0.4 is 4.57 Å². The van der Waals surface area contributed by atoms with E-state index in [0.717, 1.165) is 16.6 Å². The van der Waals surface area contributed by atoms with Crippen LogP contribution in [0.4, 0.5) is 0 Å². The van der Waals surface area contributed by atoms with Crippen LogP contribution >= 0.6 is 0 Å². The van der Waals surface area contributed by atoms with E-state index in [9.17, 15) is 0 Å². The monoisotopic (exact) mass is 352 g/mol. The average molecular weight is 352 g/mol. The maximum atomic E-state index is 6.37. The maximum Gasteiger partial charge on any atom is 0.224 e. The van der Waals surface area contributed by atoms with Crippen molar-refractivity contribution >= 4 is 32.8 Å². The molecule has 2 heteroatoms. The molecule has 0 aliphatic heterocycles. The molecule has 2 heterocycles. The smallest absolute Gasteiger partial charge is 0.224 e. The molecule has 0 N–H and O–H groups in total. The summed E-state index contributed by atoms with van der Waals surface area (Å²) in [5.74, 6) is 0. The van der Waals surface area contributed by atoms with Crippen molar-refractivity contribution in [2.75, 3.05) is 0 Å². The molecule has 132 valence electrons. The summed E-state index contributed by atoms with van der Waals surface area (Å²) < 4.78 is 8.69. The molecule has 5 rings (SSSR count). The number of furan rings is 1. The Morgan fingerprint density at radius 2 is 1.52 bits per heavy atom. The molecule has 0 fully saturated rings. The Morgan fingerprint density at radius 3 is 2.33 bits per heavy atom. The zero-order chi connectivity index (χ0) is 18.7. The van der Waals surface area contributed by atoms with Gasteiger partial charge in [0.25, 0.3) is 0 Å². The summed E-state index contributed by atoms with van der Waals surface area (Å²) in [6.07, 6.45) is 0. The summed E-state index contributed by atoms with van der Waals surface area (Å²) >= 11 is 0. The summed E-state index contributed by atoms with van der Waals surface area (Å²) in [5, 5.41) is 3.51. The number of fused-ring (bicyclic) bond motifs is 5. The first kappa shape index (κ1) is 16.1. The molecule has 0 atom stereocenters. The molecule has 3 aromatic carbocycles. The Kier molecular flexibility index (Phi) is 3.38. The number of hydrogen-bond acceptors (Lipinski definition) is 1. The van der Waals surface area contributed by atoms with E-state index in [1.54, 1.807) is 0 Å². The Labute approximate surface area is 158 Å². The Balaban J connectivity index is 2.10. The molecule has 0 saturated carbocycles. The average Bonchev–Trinajstić information content (AvgIpc) is 3.05.